The van der Waals surface area contributed by atoms with Crippen molar-refractivity contribution >= 4 is 33.0 Å². The number of Topliss-reactive ketones (excluding diaryl/α,β-unsaturated/α-hetero) is 1. The number of carbonyl (C=O) groups is 1. The molecular formula is C10H12BrNOS. The molecule has 0 aliphatic rings. The minimum absolute atomic E-state index is 0.204. The van der Waals surface area contributed by atoms with E-state index in [9.17, 15) is 4.79 Å². The van der Waals surface area contributed by atoms with Crippen molar-refractivity contribution in [3.63, 3.8) is 0 Å². The molecule has 0 aliphatic heterocycles. The van der Waals surface area contributed by atoms with E-state index in [1.807, 2.05) is 11.4 Å². The fraction of sp³-hybridized carbons (Fsp3) is 0.300. The molecule has 0 aliphatic carbocycles. The van der Waals surface area contributed by atoms with Crippen molar-refractivity contribution in [2.75, 3.05) is 13.1 Å². The van der Waals surface area contributed by atoms with Gasteiger partial charge in [0.25, 0.3) is 0 Å². The third-order valence-corrected chi connectivity index (χ3v) is 3.59. The van der Waals surface area contributed by atoms with E-state index in [1.54, 1.807) is 17.4 Å². The number of rotatable bonds is 6. The molecule has 0 amide bonds. The van der Waals surface area contributed by atoms with Gasteiger partial charge in [0, 0.05) is 22.3 Å². The number of hydrogen-bond donors (Lipinski definition) is 1. The highest BCUT2D eigenvalue weighted by Gasteiger charge is 2.07. The number of halogens is 1. The summed E-state index contributed by atoms with van der Waals surface area (Å²) in [5.74, 6) is 0.204. The van der Waals surface area contributed by atoms with Crippen LogP contribution in [0.2, 0.25) is 0 Å². The van der Waals surface area contributed by atoms with Gasteiger partial charge in [0.1, 0.15) is 0 Å². The Kier molecular flexibility index (Phi) is 5.07. The van der Waals surface area contributed by atoms with Crippen LogP contribution in [0.1, 0.15) is 4.88 Å². The first-order valence-electron chi connectivity index (χ1n) is 4.29. The van der Waals surface area contributed by atoms with Crippen molar-refractivity contribution in [1.29, 1.82) is 0 Å². The van der Waals surface area contributed by atoms with Gasteiger partial charge in [-0.1, -0.05) is 6.08 Å². The van der Waals surface area contributed by atoms with Gasteiger partial charge in [-0.25, -0.2) is 0 Å². The minimum Gasteiger partial charge on any atom is -0.307 e. The predicted octanol–water partition coefficient (Wildman–Crippen LogP) is 2.40. The fourth-order valence-electron chi connectivity index (χ4n) is 1.01. The zero-order valence-corrected chi connectivity index (χ0v) is 10.2. The van der Waals surface area contributed by atoms with E-state index in [0.717, 1.165) is 9.35 Å². The van der Waals surface area contributed by atoms with E-state index < -0.39 is 0 Å². The molecule has 0 saturated carbocycles. The maximum Gasteiger partial charge on any atom is 0.151 e. The first-order chi connectivity index (χ1) is 6.74. The third-order valence-electron chi connectivity index (χ3n) is 1.66. The van der Waals surface area contributed by atoms with E-state index in [1.165, 1.54) is 0 Å². The Labute approximate surface area is 96.2 Å². The standard InChI is InChI=1S/C10H12BrNOS/c1-2-4-12-7-8(13)6-10-9(11)3-5-14-10/h2-3,5,12H,1,4,6-7H2. The molecule has 1 heterocycles. The van der Waals surface area contributed by atoms with Crippen molar-refractivity contribution < 1.29 is 4.79 Å². The van der Waals surface area contributed by atoms with Crippen molar-refractivity contribution in [2.45, 2.75) is 6.42 Å². The van der Waals surface area contributed by atoms with E-state index in [-0.39, 0.29) is 5.78 Å². The van der Waals surface area contributed by atoms with Gasteiger partial charge in [0.2, 0.25) is 0 Å². The maximum absolute atomic E-state index is 11.4. The summed E-state index contributed by atoms with van der Waals surface area (Å²) in [6.45, 7) is 4.66. The van der Waals surface area contributed by atoms with Crippen LogP contribution in [0.3, 0.4) is 0 Å². The molecule has 0 bridgehead atoms. The molecule has 76 valence electrons. The zero-order chi connectivity index (χ0) is 10.4. The Balaban J connectivity index is 2.34. The van der Waals surface area contributed by atoms with Crippen LogP contribution in [0, 0.1) is 0 Å². The average Bonchev–Trinajstić information content (AvgIpc) is 2.52. The Bertz CT molecular complexity index is 322. The molecule has 14 heavy (non-hydrogen) atoms. The fourth-order valence-corrected chi connectivity index (χ4v) is 2.53. The number of thiophene rings is 1. The summed E-state index contributed by atoms with van der Waals surface area (Å²) in [5, 5.41) is 4.96. The molecule has 0 spiro atoms. The van der Waals surface area contributed by atoms with Gasteiger partial charge < -0.3 is 5.32 Å². The number of ketones is 1. The normalized spacial score (nSPS) is 10.1. The van der Waals surface area contributed by atoms with Gasteiger partial charge in [-0.2, -0.15) is 0 Å². The lowest BCUT2D eigenvalue weighted by molar-refractivity contribution is -0.117. The van der Waals surface area contributed by atoms with Gasteiger partial charge in [-0.3, -0.25) is 4.79 Å². The molecule has 1 aromatic rings. The van der Waals surface area contributed by atoms with Crippen molar-refractivity contribution in [3.05, 3.63) is 33.5 Å². The summed E-state index contributed by atoms with van der Waals surface area (Å²) in [6, 6.07) is 1.96. The Morgan fingerprint density at radius 1 is 1.71 bits per heavy atom. The van der Waals surface area contributed by atoms with E-state index >= 15 is 0 Å². The molecule has 0 atom stereocenters. The Morgan fingerprint density at radius 2 is 2.50 bits per heavy atom. The minimum atomic E-state index is 0.204. The lowest BCUT2D eigenvalue weighted by Gasteiger charge is -2.00. The molecule has 1 N–H and O–H groups in total. The molecule has 0 aromatic carbocycles. The molecular weight excluding hydrogens is 262 g/mol. The highest BCUT2D eigenvalue weighted by molar-refractivity contribution is 9.10. The molecule has 2 nitrogen and oxygen atoms in total. The van der Waals surface area contributed by atoms with Crippen LogP contribution in [0.25, 0.3) is 0 Å². The molecule has 0 radical (unpaired) electrons. The van der Waals surface area contributed by atoms with Crippen molar-refractivity contribution in [3.8, 4) is 0 Å². The predicted molar refractivity (Wildman–Crippen MR) is 63.8 cm³/mol. The quantitative estimate of drug-likeness (QED) is 0.637. The molecule has 1 aromatic heterocycles. The molecule has 4 heteroatoms. The second kappa shape index (κ2) is 6.11. The highest BCUT2D eigenvalue weighted by atomic mass is 79.9. The zero-order valence-electron chi connectivity index (χ0n) is 7.75. The first-order valence-corrected chi connectivity index (χ1v) is 5.96. The highest BCUT2D eigenvalue weighted by Crippen LogP contribution is 2.22. The van der Waals surface area contributed by atoms with Crippen molar-refractivity contribution in [2.24, 2.45) is 0 Å². The molecule has 1 rings (SSSR count). The van der Waals surface area contributed by atoms with Crippen LogP contribution in [0.5, 0.6) is 0 Å². The summed E-state index contributed by atoms with van der Waals surface area (Å²) in [7, 11) is 0. The number of carbonyl (C=O) groups excluding carboxylic acids is 1. The van der Waals surface area contributed by atoms with Gasteiger partial charge in [0.05, 0.1) is 6.54 Å². The van der Waals surface area contributed by atoms with Crippen LogP contribution in [0.15, 0.2) is 28.6 Å². The van der Waals surface area contributed by atoms with Crippen LogP contribution in [-0.4, -0.2) is 18.9 Å². The smallest absolute Gasteiger partial charge is 0.151 e. The Morgan fingerprint density at radius 3 is 3.07 bits per heavy atom. The van der Waals surface area contributed by atoms with E-state index in [0.29, 0.717) is 19.5 Å². The largest absolute Gasteiger partial charge is 0.307 e. The molecule has 0 fully saturated rings. The average molecular weight is 274 g/mol. The lowest BCUT2D eigenvalue weighted by Crippen LogP contribution is -2.23. The van der Waals surface area contributed by atoms with Gasteiger partial charge in [-0.15, -0.1) is 17.9 Å². The van der Waals surface area contributed by atoms with Gasteiger partial charge in [0.15, 0.2) is 5.78 Å². The summed E-state index contributed by atoms with van der Waals surface area (Å²) in [6.07, 6.45) is 2.25. The monoisotopic (exact) mass is 273 g/mol. The lowest BCUT2D eigenvalue weighted by atomic mass is 10.2. The summed E-state index contributed by atoms with van der Waals surface area (Å²) >= 11 is 5.00. The SMILES string of the molecule is C=CCNCC(=O)Cc1sccc1Br. The first kappa shape index (κ1) is 11.6. The third kappa shape index (κ3) is 3.74. The van der Waals surface area contributed by atoms with Crippen LogP contribution < -0.4 is 5.32 Å². The molecule has 0 unspecified atom stereocenters. The molecule has 0 saturated heterocycles. The topological polar surface area (TPSA) is 29.1 Å². The van der Waals surface area contributed by atoms with Crippen LogP contribution in [-0.2, 0) is 11.2 Å². The van der Waals surface area contributed by atoms with Crippen LogP contribution >= 0.6 is 27.3 Å². The summed E-state index contributed by atoms with van der Waals surface area (Å²) in [4.78, 5) is 12.5. The van der Waals surface area contributed by atoms with Crippen LogP contribution in [0.4, 0.5) is 0 Å². The second-order valence-electron chi connectivity index (χ2n) is 2.83. The van der Waals surface area contributed by atoms with Gasteiger partial charge >= 0.3 is 0 Å². The number of hydrogen-bond acceptors (Lipinski definition) is 3. The van der Waals surface area contributed by atoms with E-state index in [2.05, 4.69) is 27.8 Å². The Hall–Kier alpha value is -0.450. The second-order valence-corrected chi connectivity index (χ2v) is 4.68. The van der Waals surface area contributed by atoms with Gasteiger partial charge in [-0.05, 0) is 27.4 Å². The summed E-state index contributed by atoms with van der Waals surface area (Å²) < 4.78 is 1.03. The van der Waals surface area contributed by atoms with E-state index in [4.69, 9.17) is 0 Å². The maximum atomic E-state index is 11.4. The summed E-state index contributed by atoms with van der Waals surface area (Å²) in [5.41, 5.74) is 0. The van der Waals surface area contributed by atoms with Crippen molar-refractivity contribution in [1.82, 2.24) is 5.32 Å². The number of nitrogens with one attached hydrogen (secondary N) is 1.